The summed E-state index contributed by atoms with van der Waals surface area (Å²) in [5, 5.41) is 1.58. The molecule has 1 N–H and O–H groups in total. The zero-order chi connectivity index (χ0) is 9.14. The molecule has 1 saturated heterocycles. The Labute approximate surface area is 72.6 Å². The molecule has 0 unspecified atom stereocenters. The van der Waals surface area contributed by atoms with Crippen LogP contribution in [-0.2, 0) is 4.79 Å². The molecule has 68 valence electrons. The number of hydrogen-bond acceptors (Lipinski definition) is 2. The molecule has 0 bridgehead atoms. The van der Waals surface area contributed by atoms with Crippen LogP contribution in [0.2, 0.25) is 0 Å². The number of amidine groups is 1. The van der Waals surface area contributed by atoms with E-state index in [1.165, 1.54) is 0 Å². The van der Waals surface area contributed by atoms with Gasteiger partial charge in [-0.1, -0.05) is 0 Å². The fourth-order valence-electron chi connectivity index (χ4n) is 1.13. The summed E-state index contributed by atoms with van der Waals surface area (Å²) in [6.07, 6.45) is 0.845. The van der Waals surface area contributed by atoms with E-state index in [0.717, 1.165) is 18.8 Å². The van der Waals surface area contributed by atoms with Crippen LogP contribution >= 0.6 is 0 Å². The van der Waals surface area contributed by atoms with E-state index in [-0.39, 0.29) is 5.91 Å². The van der Waals surface area contributed by atoms with Crippen molar-refractivity contribution in [1.29, 1.82) is 0 Å². The van der Waals surface area contributed by atoms with Gasteiger partial charge in [-0.25, -0.2) is 0 Å². The Bertz CT molecular complexity index is 210. The first-order chi connectivity index (χ1) is 5.59. The second-order valence-corrected chi connectivity index (χ2v) is 3.20. The molecule has 4 heteroatoms. The van der Waals surface area contributed by atoms with Crippen molar-refractivity contribution in [2.45, 2.75) is 33.2 Å². The Kier molecular flexibility index (Phi) is 2.68. The Hall–Kier alpha value is -1.06. The third-order valence-electron chi connectivity index (χ3n) is 1.63. The summed E-state index contributed by atoms with van der Waals surface area (Å²) in [6, 6.07) is 0.291. The smallest absolute Gasteiger partial charge is 0.237 e. The van der Waals surface area contributed by atoms with Gasteiger partial charge < -0.3 is 0 Å². The molecule has 12 heavy (non-hydrogen) atoms. The monoisotopic (exact) mass is 169 g/mol. The van der Waals surface area contributed by atoms with E-state index < -0.39 is 0 Å². The van der Waals surface area contributed by atoms with Crippen LogP contribution in [0.1, 0.15) is 27.2 Å². The lowest BCUT2D eigenvalue weighted by Crippen LogP contribution is -2.37. The average Bonchev–Trinajstić information content (AvgIpc) is 2.34. The number of carbonyl (C=O) groups excluding carboxylic acids is 1. The van der Waals surface area contributed by atoms with Gasteiger partial charge in [-0.05, 0) is 13.8 Å². The second-order valence-electron chi connectivity index (χ2n) is 3.20. The number of amides is 1. The molecule has 0 aliphatic carbocycles. The van der Waals surface area contributed by atoms with Crippen molar-refractivity contribution in [1.82, 2.24) is 10.4 Å². The lowest BCUT2D eigenvalue weighted by molar-refractivity contribution is -0.129. The molecule has 0 aromatic heterocycles. The molecular formula is C8H15N3O. The standard InChI is InChI=1S/C8H15N3O/c1-6(2)9-8-4-5-11(10-8)7(3)12/h6H,4-5H2,1-3H3,(H,9,10). The summed E-state index contributed by atoms with van der Waals surface area (Å²) in [6.45, 7) is 6.32. The number of rotatable bonds is 1. The lowest BCUT2D eigenvalue weighted by Gasteiger charge is -2.12. The van der Waals surface area contributed by atoms with Gasteiger partial charge >= 0.3 is 0 Å². The molecule has 0 saturated carbocycles. The average molecular weight is 169 g/mol. The maximum atomic E-state index is 10.9. The zero-order valence-electron chi connectivity index (χ0n) is 7.79. The number of nitrogens with one attached hydrogen (secondary N) is 1. The third kappa shape index (κ3) is 2.22. The van der Waals surface area contributed by atoms with E-state index in [4.69, 9.17) is 0 Å². The first-order valence-corrected chi connectivity index (χ1v) is 4.21. The highest BCUT2D eigenvalue weighted by atomic mass is 16.2. The molecule has 1 heterocycles. The summed E-state index contributed by atoms with van der Waals surface area (Å²) in [5.41, 5.74) is 2.96. The second kappa shape index (κ2) is 3.56. The number of carbonyl (C=O) groups is 1. The van der Waals surface area contributed by atoms with Gasteiger partial charge in [-0.2, -0.15) is 0 Å². The number of nitrogens with zero attached hydrogens (tertiary/aromatic N) is 2. The van der Waals surface area contributed by atoms with E-state index in [9.17, 15) is 4.79 Å². The molecule has 4 nitrogen and oxygen atoms in total. The van der Waals surface area contributed by atoms with Gasteiger partial charge in [-0.15, -0.1) is 0 Å². The third-order valence-corrected chi connectivity index (χ3v) is 1.63. The van der Waals surface area contributed by atoms with Crippen LogP contribution in [0.5, 0.6) is 0 Å². The molecule has 0 aromatic rings. The Balaban J connectivity index is 2.51. The van der Waals surface area contributed by atoms with Gasteiger partial charge in [0.25, 0.3) is 0 Å². The van der Waals surface area contributed by atoms with Gasteiger partial charge in [0, 0.05) is 25.9 Å². The van der Waals surface area contributed by atoms with Crippen molar-refractivity contribution in [2.75, 3.05) is 6.54 Å². The van der Waals surface area contributed by atoms with E-state index in [0.29, 0.717) is 6.04 Å². The Morgan fingerprint density at radius 2 is 2.33 bits per heavy atom. The van der Waals surface area contributed by atoms with Crippen LogP contribution in [0, 0.1) is 0 Å². The van der Waals surface area contributed by atoms with E-state index in [1.54, 1.807) is 11.9 Å². The molecule has 0 spiro atoms. The molecule has 1 aliphatic rings. The maximum absolute atomic E-state index is 10.9. The van der Waals surface area contributed by atoms with Crippen molar-refractivity contribution >= 4 is 11.7 Å². The predicted octanol–water partition coefficient (Wildman–Crippen LogP) is 0.550. The molecule has 0 radical (unpaired) electrons. The van der Waals surface area contributed by atoms with Crippen molar-refractivity contribution in [3.63, 3.8) is 0 Å². The van der Waals surface area contributed by atoms with E-state index >= 15 is 0 Å². The largest absolute Gasteiger partial charge is 0.283 e. The van der Waals surface area contributed by atoms with Gasteiger partial charge in [0.2, 0.25) is 5.91 Å². The van der Waals surface area contributed by atoms with Gasteiger partial charge in [0.1, 0.15) is 5.84 Å². The Morgan fingerprint density at radius 3 is 2.75 bits per heavy atom. The fourth-order valence-corrected chi connectivity index (χ4v) is 1.13. The van der Waals surface area contributed by atoms with Gasteiger partial charge in [0.05, 0.1) is 0 Å². The Morgan fingerprint density at radius 1 is 1.67 bits per heavy atom. The minimum absolute atomic E-state index is 0.0453. The molecule has 0 aromatic carbocycles. The fraction of sp³-hybridized carbons (Fsp3) is 0.750. The van der Waals surface area contributed by atoms with Crippen molar-refractivity contribution in [3.05, 3.63) is 0 Å². The van der Waals surface area contributed by atoms with Crippen LogP contribution in [0.25, 0.3) is 0 Å². The van der Waals surface area contributed by atoms with Crippen LogP contribution in [0.15, 0.2) is 4.99 Å². The first-order valence-electron chi connectivity index (χ1n) is 4.21. The van der Waals surface area contributed by atoms with Gasteiger partial charge in [0.15, 0.2) is 0 Å². The molecule has 1 amide bonds. The van der Waals surface area contributed by atoms with Crippen LogP contribution < -0.4 is 5.43 Å². The molecule has 1 fully saturated rings. The minimum atomic E-state index is 0.0453. The van der Waals surface area contributed by atoms with Crippen molar-refractivity contribution < 1.29 is 4.79 Å². The summed E-state index contributed by atoms with van der Waals surface area (Å²) < 4.78 is 0. The summed E-state index contributed by atoms with van der Waals surface area (Å²) in [4.78, 5) is 15.2. The SMILES string of the molecule is CC(=O)N1CCC(=NC(C)C)N1. The lowest BCUT2D eigenvalue weighted by atomic mass is 10.4. The first kappa shape index (κ1) is 9.03. The topological polar surface area (TPSA) is 44.7 Å². The quantitative estimate of drug-likeness (QED) is 0.623. The highest BCUT2D eigenvalue weighted by Gasteiger charge is 2.18. The van der Waals surface area contributed by atoms with Crippen molar-refractivity contribution in [2.24, 2.45) is 4.99 Å². The number of hydrogen-bond donors (Lipinski definition) is 1. The van der Waals surface area contributed by atoms with Crippen molar-refractivity contribution in [3.8, 4) is 0 Å². The summed E-state index contributed by atoms with van der Waals surface area (Å²) in [5.74, 6) is 0.962. The normalized spacial score (nSPS) is 20.3. The molecule has 0 atom stereocenters. The molecule has 1 aliphatic heterocycles. The molecular weight excluding hydrogens is 154 g/mol. The van der Waals surface area contributed by atoms with E-state index in [1.807, 2.05) is 13.8 Å². The summed E-state index contributed by atoms with van der Waals surface area (Å²) >= 11 is 0. The van der Waals surface area contributed by atoms with Crippen LogP contribution in [0.4, 0.5) is 0 Å². The number of hydrazine groups is 1. The maximum Gasteiger partial charge on any atom is 0.237 e. The highest BCUT2D eigenvalue weighted by Crippen LogP contribution is 2.01. The van der Waals surface area contributed by atoms with E-state index in [2.05, 4.69) is 10.4 Å². The zero-order valence-corrected chi connectivity index (χ0v) is 7.79. The highest BCUT2D eigenvalue weighted by molar-refractivity contribution is 5.88. The number of aliphatic imine (C=N–C) groups is 1. The minimum Gasteiger partial charge on any atom is -0.283 e. The molecule has 1 rings (SSSR count). The van der Waals surface area contributed by atoms with Crippen LogP contribution in [0.3, 0.4) is 0 Å². The van der Waals surface area contributed by atoms with Crippen LogP contribution in [-0.4, -0.2) is 29.3 Å². The van der Waals surface area contributed by atoms with Gasteiger partial charge in [-0.3, -0.25) is 20.2 Å². The predicted molar refractivity (Wildman–Crippen MR) is 47.7 cm³/mol. The summed E-state index contributed by atoms with van der Waals surface area (Å²) in [7, 11) is 0.